The summed E-state index contributed by atoms with van der Waals surface area (Å²) in [4.78, 5) is 20.3. The van der Waals surface area contributed by atoms with Gasteiger partial charge in [-0.15, -0.1) is 0 Å². The first-order valence-corrected chi connectivity index (χ1v) is 10.7. The predicted molar refractivity (Wildman–Crippen MR) is 112 cm³/mol. The predicted octanol–water partition coefficient (Wildman–Crippen LogP) is 3.64. The van der Waals surface area contributed by atoms with Crippen molar-refractivity contribution in [1.82, 2.24) is 20.1 Å². The van der Waals surface area contributed by atoms with Crippen LogP contribution in [-0.4, -0.2) is 51.7 Å². The summed E-state index contributed by atoms with van der Waals surface area (Å²) in [6, 6.07) is 7.87. The number of H-pyrrole nitrogens is 1. The molecule has 2 aliphatic rings. The summed E-state index contributed by atoms with van der Waals surface area (Å²) in [6.45, 7) is 3.42. The van der Waals surface area contributed by atoms with E-state index in [4.69, 9.17) is 4.74 Å². The number of benzene rings is 1. The minimum atomic E-state index is -0.524. The fraction of sp³-hybridized carbons (Fsp3) is 0.591. The van der Waals surface area contributed by atoms with Crippen molar-refractivity contribution < 1.29 is 9.53 Å². The molecule has 7 nitrogen and oxygen atoms in total. The van der Waals surface area contributed by atoms with Gasteiger partial charge in [-0.1, -0.05) is 19.3 Å². The van der Waals surface area contributed by atoms with Crippen LogP contribution in [0.1, 0.15) is 62.5 Å². The van der Waals surface area contributed by atoms with E-state index in [0.717, 1.165) is 68.2 Å². The van der Waals surface area contributed by atoms with E-state index in [2.05, 4.69) is 20.5 Å². The van der Waals surface area contributed by atoms with Crippen LogP contribution in [0.2, 0.25) is 0 Å². The van der Waals surface area contributed by atoms with Gasteiger partial charge in [-0.05, 0) is 56.9 Å². The number of aromatic nitrogens is 3. The number of anilines is 1. The van der Waals surface area contributed by atoms with E-state index in [1.807, 2.05) is 36.1 Å². The van der Waals surface area contributed by atoms with Gasteiger partial charge < -0.3 is 15.0 Å². The van der Waals surface area contributed by atoms with Gasteiger partial charge in [0.1, 0.15) is 17.1 Å². The van der Waals surface area contributed by atoms with Crippen molar-refractivity contribution in [1.29, 1.82) is 0 Å². The minimum absolute atomic E-state index is 0.208. The number of nitrogens with one attached hydrogen (secondary N) is 2. The van der Waals surface area contributed by atoms with E-state index in [1.54, 1.807) is 7.11 Å². The Bertz CT molecular complexity index is 826. The number of aryl methyl sites for hydroxylation is 1. The molecule has 29 heavy (non-hydrogen) atoms. The Morgan fingerprint density at radius 3 is 2.62 bits per heavy atom. The third-order valence-corrected chi connectivity index (χ3v) is 6.28. The van der Waals surface area contributed by atoms with Crippen molar-refractivity contribution in [2.75, 3.05) is 25.5 Å². The number of carbonyl (C=O) groups excluding carboxylic acids is 1. The highest BCUT2D eigenvalue weighted by molar-refractivity contribution is 5.89. The van der Waals surface area contributed by atoms with Crippen molar-refractivity contribution in [2.24, 2.45) is 0 Å². The molecule has 1 aliphatic heterocycles. The number of aromatic amines is 1. The summed E-state index contributed by atoms with van der Waals surface area (Å²) >= 11 is 0. The van der Waals surface area contributed by atoms with E-state index in [0.29, 0.717) is 6.54 Å². The zero-order valence-corrected chi connectivity index (χ0v) is 17.4. The molecule has 7 heteroatoms. The van der Waals surface area contributed by atoms with Gasteiger partial charge >= 0.3 is 0 Å². The zero-order chi connectivity index (χ0) is 20.3. The second-order valence-corrected chi connectivity index (χ2v) is 8.37. The monoisotopic (exact) mass is 397 g/mol. The molecular weight excluding hydrogens is 366 g/mol. The maximum atomic E-state index is 13.8. The zero-order valence-electron chi connectivity index (χ0n) is 17.4. The summed E-state index contributed by atoms with van der Waals surface area (Å²) in [5, 5.41) is 10.9. The fourth-order valence-corrected chi connectivity index (χ4v) is 4.72. The van der Waals surface area contributed by atoms with Crippen molar-refractivity contribution in [3.63, 3.8) is 0 Å². The van der Waals surface area contributed by atoms with Gasteiger partial charge in [-0.25, -0.2) is 4.98 Å². The van der Waals surface area contributed by atoms with Crippen LogP contribution in [0.5, 0.6) is 5.75 Å². The Hall–Kier alpha value is -2.57. The Morgan fingerprint density at radius 1 is 1.21 bits per heavy atom. The fourth-order valence-electron chi connectivity index (χ4n) is 4.72. The number of piperidine rings is 1. The van der Waals surface area contributed by atoms with Gasteiger partial charge in [0.15, 0.2) is 5.82 Å². The number of amides is 1. The number of hydrogen-bond acceptors (Lipinski definition) is 5. The Kier molecular flexibility index (Phi) is 5.74. The summed E-state index contributed by atoms with van der Waals surface area (Å²) in [6.07, 6.45) is 7.11. The van der Waals surface area contributed by atoms with Gasteiger partial charge in [-0.2, -0.15) is 5.10 Å². The molecule has 1 aliphatic carbocycles. The van der Waals surface area contributed by atoms with Crippen LogP contribution in [0.3, 0.4) is 0 Å². The van der Waals surface area contributed by atoms with E-state index >= 15 is 0 Å². The summed E-state index contributed by atoms with van der Waals surface area (Å²) in [7, 11) is 1.66. The van der Waals surface area contributed by atoms with Crippen LogP contribution in [0.25, 0.3) is 0 Å². The van der Waals surface area contributed by atoms with Crippen LogP contribution in [0.4, 0.5) is 5.69 Å². The average Bonchev–Trinajstić information content (AvgIpc) is 3.21. The molecule has 156 valence electrons. The van der Waals surface area contributed by atoms with Gasteiger partial charge in [0, 0.05) is 24.7 Å². The number of ether oxygens (including phenoxy) is 1. The van der Waals surface area contributed by atoms with Gasteiger partial charge in [0.2, 0.25) is 5.91 Å². The van der Waals surface area contributed by atoms with Crippen LogP contribution in [0.15, 0.2) is 24.3 Å². The molecule has 0 spiro atoms. The highest BCUT2D eigenvalue weighted by Gasteiger charge is 2.43. The standard InChI is InChI=1S/C22H31N5O2/c1-16-23-20(26-25-16)17-7-6-14-27(15-17)21(28)22(12-4-3-5-13-22)24-18-8-10-19(29-2)11-9-18/h8-11,17,24H,3-7,12-15H2,1-2H3,(H,23,25,26). The molecule has 0 radical (unpaired) electrons. The van der Waals surface area contributed by atoms with Gasteiger partial charge in [0.05, 0.1) is 7.11 Å². The number of carbonyl (C=O) groups is 1. The SMILES string of the molecule is COc1ccc(NC2(C(=O)N3CCCC(c4n[nH]c(C)n4)C3)CCCCC2)cc1. The van der Waals surface area contributed by atoms with Gasteiger partial charge in [0.25, 0.3) is 0 Å². The first-order valence-electron chi connectivity index (χ1n) is 10.7. The molecule has 2 heterocycles. The molecule has 1 atom stereocenters. The van der Waals surface area contributed by atoms with Crippen molar-refractivity contribution in [3.05, 3.63) is 35.9 Å². The lowest BCUT2D eigenvalue weighted by atomic mass is 9.79. The largest absolute Gasteiger partial charge is 0.497 e. The maximum Gasteiger partial charge on any atom is 0.248 e. The third-order valence-electron chi connectivity index (χ3n) is 6.28. The summed E-state index contributed by atoms with van der Waals surface area (Å²) < 4.78 is 5.27. The second-order valence-electron chi connectivity index (χ2n) is 8.37. The molecule has 4 rings (SSSR count). The van der Waals surface area contributed by atoms with E-state index in [1.165, 1.54) is 6.42 Å². The minimum Gasteiger partial charge on any atom is -0.497 e. The van der Waals surface area contributed by atoms with Crippen LogP contribution < -0.4 is 10.1 Å². The summed E-state index contributed by atoms with van der Waals surface area (Å²) in [5.41, 5.74) is 0.447. The first kappa shape index (κ1) is 19.7. The van der Waals surface area contributed by atoms with E-state index < -0.39 is 5.54 Å². The van der Waals surface area contributed by atoms with Crippen molar-refractivity contribution in [3.8, 4) is 5.75 Å². The number of nitrogens with zero attached hydrogens (tertiary/aromatic N) is 3. The second kappa shape index (κ2) is 8.43. The molecule has 1 amide bonds. The van der Waals surface area contributed by atoms with Crippen molar-refractivity contribution in [2.45, 2.75) is 63.3 Å². The van der Waals surface area contributed by atoms with Gasteiger partial charge in [-0.3, -0.25) is 9.89 Å². The Morgan fingerprint density at radius 2 is 1.97 bits per heavy atom. The van der Waals surface area contributed by atoms with Crippen LogP contribution in [-0.2, 0) is 4.79 Å². The molecule has 1 saturated carbocycles. The summed E-state index contributed by atoms with van der Waals surface area (Å²) in [5.74, 6) is 2.92. The highest BCUT2D eigenvalue weighted by Crippen LogP contribution is 2.36. The number of likely N-dealkylation sites (tertiary alicyclic amines) is 1. The number of hydrogen-bond donors (Lipinski definition) is 2. The van der Waals surface area contributed by atoms with Crippen LogP contribution in [0, 0.1) is 6.92 Å². The van der Waals surface area contributed by atoms with E-state index in [-0.39, 0.29) is 11.8 Å². The lowest BCUT2D eigenvalue weighted by Gasteiger charge is -2.43. The topological polar surface area (TPSA) is 83.1 Å². The quantitative estimate of drug-likeness (QED) is 0.805. The third kappa shape index (κ3) is 4.23. The maximum absolute atomic E-state index is 13.8. The molecule has 1 saturated heterocycles. The molecule has 1 unspecified atom stereocenters. The van der Waals surface area contributed by atoms with Crippen LogP contribution >= 0.6 is 0 Å². The van der Waals surface area contributed by atoms with E-state index in [9.17, 15) is 4.79 Å². The smallest absolute Gasteiger partial charge is 0.248 e. The lowest BCUT2D eigenvalue weighted by molar-refractivity contribution is -0.138. The normalized spacial score (nSPS) is 21.6. The molecule has 2 fully saturated rings. The Labute approximate surface area is 172 Å². The number of methoxy groups -OCH3 is 1. The number of rotatable bonds is 5. The lowest BCUT2D eigenvalue weighted by Crippen LogP contribution is -2.56. The Balaban J connectivity index is 1.53. The van der Waals surface area contributed by atoms with Crippen molar-refractivity contribution >= 4 is 11.6 Å². The molecular formula is C22H31N5O2. The molecule has 2 aromatic rings. The molecule has 1 aromatic heterocycles. The first-order chi connectivity index (χ1) is 14.1. The highest BCUT2D eigenvalue weighted by atomic mass is 16.5. The molecule has 0 bridgehead atoms. The average molecular weight is 398 g/mol. The molecule has 2 N–H and O–H groups in total. The molecule has 1 aromatic carbocycles.